The first-order valence-electron chi connectivity index (χ1n) is 11.2. The van der Waals surface area contributed by atoms with Gasteiger partial charge in [0.25, 0.3) is 5.91 Å². The lowest BCUT2D eigenvalue weighted by Gasteiger charge is -2.33. The van der Waals surface area contributed by atoms with Crippen LogP contribution < -0.4 is 0 Å². The molecule has 1 aliphatic rings. The average Bonchev–Trinajstić information content (AvgIpc) is 3.07. The summed E-state index contributed by atoms with van der Waals surface area (Å²) in [6, 6.07) is 19.9. The largest absolute Gasteiger partial charge is 0.479 e. The normalized spacial score (nSPS) is 19.8. The summed E-state index contributed by atoms with van der Waals surface area (Å²) in [6.45, 7) is 6.71. The third kappa shape index (κ3) is 5.16. The number of nitrogens with zero attached hydrogens (tertiary/aromatic N) is 1. The molecule has 1 heterocycles. The second kappa shape index (κ2) is 9.61. The van der Waals surface area contributed by atoms with Gasteiger partial charge in [-0.2, -0.15) is 0 Å². The van der Waals surface area contributed by atoms with Crippen molar-refractivity contribution in [3.05, 3.63) is 83.4 Å². The molecule has 2 aromatic rings. The third-order valence-electron chi connectivity index (χ3n) is 5.95. The summed E-state index contributed by atoms with van der Waals surface area (Å²) in [5.41, 5.74) is 0.000245. The van der Waals surface area contributed by atoms with Crippen molar-refractivity contribution in [2.24, 2.45) is 0 Å². The van der Waals surface area contributed by atoms with Crippen LogP contribution in [-0.2, 0) is 14.3 Å². The van der Waals surface area contributed by atoms with E-state index in [1.54, 1.807) is 33.8 Å². The van der Waals surface area contributed by atoms with Crippen LogP contribution in [0.3, 0.4) is 0 Å². The third-order valence-corrected chi connectivity index (χ3v) is 5.95. The average molecular weight is 450 g/mol. The number of likely N-dealkylation sites (tertiary alicyclic amines) is 1. The number of rotatable bonds is 6. The number of allylic oxidation sites excluding steroid dienone is 1. The first-order valence-corrected chi connectivity index (χ1v) is 11.2. The van der Waals surface area contributed by atoms with Crippen LogP contribution in [0.25, 0.3) is 0 Å². The smallest absolute Gasteiger partial charge is 0.418 e. The van der Waals surface area contributed by atoms with E-state index in [2.05, 4.69) is 0 Å². The number of amides is 2. The van der Waals surface area contributed by atoms with Crippen molar-refractivity contribution in [3.8, 4) is 0 Å². The number of carbonyl (C=O) groups excluding carboxylic acids is 2. The number of hydrogen-bond donors (Lipinski definition) is 1. The number of ether oxygens (including phenoxy) is 1. The molecule has 0 bridgehead atoms. The summed E-state index contributed by atoms with van der Waals surface area (Å²) in [5, 5.41) is 10.0. The van der Waals surface area contributed by atoms with Crippen LogP contribution in [0.4, 0.5) is 4.79 Å². The Bertz CT molecular complexity index is 1000. The van der Waals surface area contributed by atoms with E-state index < -0.39 is 29.1 Å². The summed E-state index contributed by atoms with van der Waals surface area (Å²) < 4.78 is 5.39. The van der Waals surface area contributed by atoms with Gasteiger partial charge in [-0.3, -0.25) is 4.79 Å². The van der Waals surface area contributed by atoms with Gasteiger partial charge in [-0.15, -0.1) is 0 Å². The van der Waals surface area contributed by atoms with E-state index in [0.29, 0.717) is 12.0 Å². The number of carboxylic acid groups (broad SMARTS) is 1. The van der Waals surface area contributed by atoms with Gasteiger partial charge in [0, 0.05) is 17.9 Å². The van der Waals surface area contributed by atoms with Crippen molar-refractivity contribution in [1.29, 1.82) is 0 Å². The Labute approximate surface area is 194 Å². The van der Waals surface area contributed by atoms with Crippen LogP contribution in [0.1, 0.15) is 64.0 Å². The summed E-state index contributed by atoms with van der Waals surface area (Å²) in [5.74, 6) is -1.83. The Kier molecular flexibility index (Phi) is 7.06. The highest BCUT2D eigenvalue weighted by molar-refractivity contribution is 6.10. The van der Waals surface area contributed by atoms with E-state index in [-0.39, 0.29) is 18.8 Å². The maximum atomic E-state index is 13.3. The summed E-state index contributed by atoms with van der Waals surface area (Å²) >= 11 is 0. The molecule has 0 aliphatic carbocycles. The minimum absolute atomic E-state index is 0.0101. The predicted molar refractivity (Wildman–Crippen MR) is 126 cm³/mol. The summed E-state index contributed by atoms with van der Waals surface area (Å²) in [4.78, 5) is 39.2. The van der Waals surface area contributed by atoms with Gasteiger partial charge >= 0.3 is 12.1 Å². The molecule has 1 N–H and O–H groups in total. The van der Waals surface area contributed by atoms with E-state index in [1.165, 1.54) is 0 Å². The fourth-order valence-electron chi connectivity index (χ4n) is 4.23. The number of carboxylic acids is 1. The first kappa shape index (κ1) is 24.2. The van der Waals surface area contributed by atoms with Crippen molar-refractivity contribution in [2.75, 3.05) is 0 Å². The van der Waals surface area contributed by atoms with Gasteiger partial charge in [0.15, 0.2) is 5.54 Å². The van der Waals surface area contributed by atoms with E-state index in [0.717, 1.165) is 16.0 Å². The molecule has 1 saturated heterocycles. The summed E-state index contributed by atoms with van der Waals surface area (Å²) in [6.07, 6.45) is 1.39. The van der Waals surface area contributed by atoms with Crippen molar-refractivity contribution < 1.29 is 24.2 Å². The van der Waals surface area contributed by atoms with E-state index in [4.69, 9.17) is 4.74 Å². The first-order chi connectivity index (χ1) is 15.6. The molecule has 6 nitrogen and oxygen atoms in total. The molecule has 1 aliphatic heterocycles. The second-order valence-electron chi connectivity index (χ2n) is 9.33. The molecular weight excluding hydrogens is 418 g/mol. The molecule has 174 valence electrons. The molecule has 6 heteroatoms. The second-order valence-corrected chi connectivity index (χ2v) is 9.33. The minimum Gasteiger partial charge on any atom is -0.479 e. The predicted octanol–water partition coefficient (Wildman–Crippen LogP) is 5.54. The molecule has 0 radical (unpaired) electrons. The van der Waals surface area contributed by atoms with Crippen LogP contribution in [-0.4, -0.2) is 39.1 Å². The Balaban J connectivity index is 1.97. The topological polar surface area (TPSA) is 83.9 Å². The highest BCUT2D eigenvalue weighted by Crippen LogP contribution is 2.39. The number of benzene rings is 2. The highest BCUT2D eigenvalue weighted by Gasteiger charge is 2.56. The van der Waals surface area contributed by atoms with E-state index >= 15 is 0 Å². The van der Waals surface area contributed by atoms with Gasteiger partial charge in [-0.25, -0.2) is 14.5 Å². The molecule has 0 unspecified atom stereocenters. The number of imide groups is 1. The monoisotopic (exact) mass is 449 g/mol. The molecule has 2 amide bonds. The lowest BCUT2D eigenvalue weighted by molar-refractivity contribution is -0.153. The Morgan fingerprint density at radius 1 is 1.06 bits per heavy atom. The molecule has 0 spiro atoms. The maximum Gasteiger partial charge on any atom is 0.418 e. The highest BCUT2D eigenvalue weighted by atomic mass is 16.6. The van der Waals surface area contributed by atoms with Gasteiger partial charge in [0.05, 0.1) is 0 Å². The van der Waals surface area contributed by atoms with Crippen LogP contribution in [0.2, 0.25) is 0 Å². The van der Waals surface area contributed by atoms with Gasteiger partial charge < -0.3 is 9.84 Å². The minimum atomic E-state index is -1.65. The number of aliphatic carboxylic acids is 1. The maximum absolute atomic E-state index is 13.3. The van der Waals surface area contributed by atoms with Gasteiger partial charge in [0.1, 0.15) is 5.60 Å². The fraction of sp³-hybridized carbons (Fsp3) is 0.370. The lowest BCUT2D eigenvalue weighted by atomic mass is 9.87. The zero-order chi connectivity index (χ0) is 24.2. The van der Waals surface area contributed by atoms with Crippen molar-refractivity contribution in [3.63, 3.8) is 0 Å². The van der Waals surface area contributed by atoms with Crippen LogP contribution in [0.15, 0.2) is 72.3 Å². The molecular formula is C27H31NO5. The SMILES string of the molecule is CC[C@@]1(C(=O)O)CC(=CCC(c2ccccc2)c2ccccc2)C(=O)N1C(=O)OC(C)(C)C. The van der Waals surface area contributed by atoms with Crippen LogP contribution in [0, 0.1) is 0 Å². The van der Waals surface area contributed by atoms with E-state index in [1.807, 2.05) is 60.7 Å². The van der Waals surface area contributed by atoms with Crippen LogP contribution in [0.5, 0.6) is 0 Å². The fourth-order valence-corrected chi connectivity index (χ4v) is 4.23. The summed E-state index contributed by atoms with van der Waals surface area (Å²) in [7, 11) is 0. The van der Waals surface area contributed by atoms with Crippen molar-refractivity contribution in [1.82, 2.24) is 4.90 Å². The zero-order valence-corrected chi connectivity index (χ0v) is 19.6. The molecule has 3 rings (SSSR count). The standard InChI is InChI=1S/C27H31NO5/c1-5-27(24(30)31)18-21(23(29)28(27)25(32)33-26(2,3)4)16-17-22(19-12-8-6-9-13-19)20-14-10-7-11-15-20/h6-16,22H,5,17-18H2,1-4H3,(H,30,31)/t27-/m0/s1. The van der Waals surface area contributed by atoms with Crippen LogP contribution >= 0.6 is 0 Å². The Hall–Kier alpha value is -3.41. The van der Waals surface area contributed by atoms with Gasteiger partial charge in [0.2, 0.25) is 0 Å². The van der Waals surface area contributed by atoms with Crippen molar-refractivity contribution >= 4 is 18.0 Å². The number of carbonyl (C=O) groups is 3. The Morgan fingerprint density at radius 3 is 2.00 bits per heavy atom. The lowest BCUT2D eigenvalue weighted by Crippen LogP contribution is -2.55. The molecule has 0 aromatic heterocycles. The molecule has 33 heavy (non-hydrogen) atoms. The molecule has 0 saturated carbocycles. The molecule has 2 aromatic carbocycles. The van der Waals surface area contributed by atoms with Gasteiger partial charge in [-0.05, 0) is 44.7 Å². The van der Waals surface area contributed by atoms with Crippen molar-refractivity contribution in [2.45, 2.75) is 64.0 Å². The molecule has 1 atom stereocenters. The Morgan fingerprint density at radius 2 is 1.58 bits per heavy atom. The van der Waals surface area contributed by atoms with E-state index in [9.17, 15) is 19.5 Å². The number of hydrogen-bond acceptors (Lipinski definition) is 4. The quantitative estimate of drug-likeness (QED) is 0.586. The molecule has 1 fully saturated rings. The zero-order valence-electron chi connectivity index (χ0n) is 19.6. The van der Waals surface area contributed by atoms with Gasteiger partial charge in [-0.1, -0.05) is 73.7 Å².